The molecule has 1 atom stereocenters. The molecule has 0 saturated carbocycles. The van der Waals surface area contributed by atoms with Crippen molar-refractivity contribution in [3.63, 3.8) is 0 Å². The first-order valence-electron chi connectivity index (χ1n) is 7.91. The molecule has 1 aromatic carbocycles. The molecule has 2 aromatic rings. The van der Waals surface area contributed by atoms with Gasteiger partial charge in [-0.25, -0.2) is 4.98 Å². The lowest BCUT2D eigenvalue weighted by atomic mass is 9.97. The van der Waals surface area contributed by atoms with Gasteiger partial charge in [-0.1, -0.05) is 25.5 Å². The standard InChI is InChI=1S/C17H25N3S/c1-4-7-13-10-18-17(2,3)12-20(13)11-16-19-14-8-5-6-9-15(14)21-16/h5-6,8-9,13,18H,4,7,10-12H2,1-3H3. The molecule has 1 fully saturated rings. The molecule has 1 N–H and O–H groups in total. The number of aromatic nitrogens is 1. The predicted octanol–water partition coefficient (Wildman–Crippen LogP) is 3.65. The summed E-state index contributed by atoms with van der Waals surface area (Å²) in [5.74, 6) is 0. The van der Waals surface area contributed by atoms with Gasteiger partial charge in [-0.15, -0.1) is 11.3 Å². The van der Waals surface area contributed by atoms with Gasteiger partial charge in [-0.2, -0.15) is 0 Å². The lowest BCUT2D eigenvalue weighted by Gasteiger charge is -2.44. The summed E-state index contributed by atoms with van der Waals surface area (Å²) >= 11 is 1.84. The van der Waals surface area contributed by atoms with Crippen LogP contribution in [0.3, 0.4) is 0 Å². The monoisotopic (exact) mass is 303 g/mol. The van der Waals surface area contributed by atoms with E-state index in [-0.39, 0.29) is 5.54 Å². The second-order valence-electron chi connectivity index (χ2n) is 6.69. The van der Waals surface area contributed by atoms with E-state index in [1.165, 1.54) is 22.5 Å². The summed E-state index contributed by atoms with van der Waals surface area (Å²) in [5, 5.41) is 4.92. The van der Waals surface area contributed by atoms with Gasteiger partial charge in [0.15, 0.2) is 0 Å². The van der Waals surface area contributed by atoms with Crippen LogP contribution in [-0.4, -0.2) is 34.6 Å². The third kappa shape index (κ3) is 3.44. The number of benzene rings is 1. The molecule has 2 heterocycles. The Hall–Kier alpha value is -0.970. The Morgan fingerprint density at radius 2 is 2.19 bits per heavy atom. The quantitative estimate of drug-likeness (QED) is 0.934. The van der Waals surface area contributed by atoms with Crippen LogP contribution in [0.25, 0.3) is 10.2 Å². The summed E-state index contributed by atoms with van der Waals surface area (Å²) in [4.78, 5) is 7.43. The highest BCUT2D eigenvalue weighted by Crippen LogP contribution is 2.26. The summed E-state index contributed by atoms with van der Waals surface area (Å²) < 4.78 is 1.30. The van der Waals surface area contributed by atoms with Crippen LogP contribution >= 0.6 is 11.3 Å². The first-order chi connectivity index (χ1) is 10.1. The third-order valence-corrected chi connectivity index (χ3v) is 5.25. The molecule has 114 valence electrons. The summed E-state index contributed by atoms with van der Waals surface area (Å²) in [6, 6.07) is 9.08. The minimum Gasteiger partial charge on any atom is -0.309 e. The number of hydrogen-bond donors (Lipinski definition) is 1. The van der Waals surface area contributed by atoms with Crippen molar-refractivity contribution < 1.29 is 0 Å². The molecular formula is C17H25N3S. The summed E-state index contributed by atoms with van der Waals surface area (Å²) in [6.45, 7) is 10.0. The van der Waals surface area contributed by atoms with Gasteiger partial charge < -0.3 is 5.32 Å². The van der Waals surface area contributed by atoms with E-state index in [4.69, 9.17) is 4.98 Å². The first-order valence-corrected chi connectivity index (χ1v) is 8.72. The summed E-state index contributed by atoms with van der Waals surface area (Å²) in [6.07, 6.45) is 2.50. The Morgan fingerprint density at radius 1 is 1.38 bits per heavy atom. The van der Waals surface area contributed by atoms with Crippen LogP contribution < -0.4 is 5.32 Å². The van der Waals surface area contributed by atoms with E-state index in [2.05, 4.69) is 55.3 Å². The maximum absolute atomic E-state index is 4.81. The van der Waals surface area contributed by atoms with Gasteiger partial charge in [-0.3, -0.25) is 4.90 Å². The second-order valence-corrected chi connectivity index (χ2v) is 7.80. The molecule has 0 spiro atoms. The molecule has 0 aliphatic carbocycles. The fraction of sp³-hybridized carbons (Fsp3) is 0.588. The molecule has 1 saturated heterocycles. The van der Waals surface area contributed by atoms with Gasteiger partial charge in [0.1, 0.15) is 5.01 Å². The Balaban J connectivity index is 1.79. The summed E-state index contributed by atoms with van der Waals surface area (Å²) in [5.41, 5.74) is 1.33. The Morgan fingerprint density at radius 3 is 2.95 bits per heavy atom. The van der Waals surface area contributed by atoms with Crippen molar-refractivity contribution in [3.05, 3.63) is 29.3 Å². The Labute approximate surface area is 131 Å². The van der Waals surface area contributed by atoms with Gasteiger partial charge in [0.2, 0.25) is 0 Å². The van der Waals surface area contributed by atoms with Gasteiger partial charge in [-0.05, 0) is 32.4 Å². The van der Waals surface area contributed by atoms with Crippen molar-refractivity contribution in [2.45, 2.75) is 51.7 Å². The highest BCUT2D eigenvalue weighted by atomic mass is 32.1. The number of para-hydroxylation sites is 1. The molecule has 0 radical (unpaired) electrons. The third-order valence-electron chi connectivity index (χ3n) is 4.23. The maximum atomic E-state index is 4.81. The lowest BCUT2D eigenvalue weighted by molar-refractivity contribution is 0.0826. The highest BCUT2D eigenvalue weighted by Gasteiger charge is 2.32. The number of fused-ring (bicyclic) bond motifs is 1. The van der Waals surface area contributed by atoms with E-state index >= 15 is 0 Å². The van der Waals surface area contributed by atoms with Gasteiger partial charge >= 0.3 is 0 Å². The largest absolute Gasteiger partial charge is 0.309 e. The number of piperazine rings is 1. The minimum absolute atomic E-state index is 0.195. The summed E-state index contributed by atoms with van der Waals surface area (Å²) in [7, 11) is 0. The Kier molecular flexibility index (Phi) is 4.29. The molecule has 1 aromatic heterocycles. The first kappa shape index (κ1) is 14.9. The fourth-order valence-corrected chi connectivity index (χ4v) is 4.17. The number of nitrogens with zero attached hydrogens (tertiary/aromatic N) is 2. The van der Waals surface area contributed by atoms with Crippen LogP contribution in [0.1, 0.15) is 38.6 Å². The zero-order chi connectivity index (χ0) is 14.9. The van der Waals surface area contributed by atoms with E-state index in [9.17, 15) is 0 Å². The molecule has 1 aliphatic heterocycles. The van der Waals surface area contributed by atoms with E-state index in [1.54, 1.807) is 0 Å². The smallest absolute Gasteiger partial charge is 0.108 e. The molecule has 1 aliphatic rings. The average molecular weight is 303 g/mol. The van der Waals surface area contributed by atoms with Crippen LogP contribution in [0.15, 0.2) is 24.3 Å². The molecular weight excluding hydrogens is 278 g/mol. The number of hydrogen-bond acceptors (Lipinski definition) is 4. The highest BCUT2D eigenvalue weighted by molar-refractivity contribution is 7.18. The normalized spacial score (nSPS) is 22.7. The molecule has 1 unspecified atom stereocenters. The SMILES string of the molecule is CCCC1CNC(C)(C)CN1Cc1nc2ccccc2s1. The predicted molar refractivity (Wildman–Crippen MR) is 90.8 cm³/mol. The molecule has 0 bridgehead atoms. The molecule has 21 heavy (non-hydrogen) atoms. The van der Waals surface area contributed by atoms with Crippen LogP contribution in [0, 0.1) is 0 Å². The zero-order valence-electron chi connectivity index (χ0n) is 13.2. The van der Waals surface area contributed by atoms with Gasteiger partial charge in [0, 0.05) is 24.7 Å². The van der Waals surface area contributed by atoms with Gasteiger partial charge in [0.05, 0.1) is 16.8 Å². The minimum atomic E-state index is 0.195. The number of thiazole rings is 1. The second kappa shape index (κ2) is 6.03. The van der Waals surface area contributed by atoms with Crippen molar-refractivity contribution in [2.24, 2.45) is 0 Å². The maximum Gasteiger partial charge on any atom is 0.108 e. The van der Waals surface area contributed by atoms with E-state index < -0.39 is 0 Å². The van der Waals surface area contributed by atoms with Crippen LogP contribution in [0.5, 0.6) is 0 Å². The zero-order valence-corrected chi connectivity index (χ0v) is 14.0. The van der Waals surface area contributed by atoms with E-state index in [1.807, 2.05) is 11.3 Å². The van der Waals surface area contributed by atoms with E-state index in [0.717, 1.165) is 25.2 Å². The fourth-order valence-electron chi connectivity index (χ4n) is 3.18. The van der Waals surface area contributed by atoms with Crippen molar-refractivity contribution in [2.75, 3.05) is 13.1 Å². The van der Waals surface area contributed by atoms with E-state index in [0.29, 0.717) is 6.04 Å². The molecule has 4 heteroatoms. The molecule has 3 nitrogen and oxygen atoms in total. The number of nitrogens with one attached hydrogen (secondary N) is 1. The van der Waals surface area contributed by atoms with Crippen molar-refractivity contribution >= 4 is 21.6 Å². The van der Waals surface area contributed by atoms with Crippen LogP contribution in [0.2, 0.25) is 0 Å². The van der Waals surface area contributed by atoms with Crippen molar-refractivity contribution in [1.29, 1.82) is 0 Å². The average Bonchev–Trinajstić information content (AvgIpc) is 2.83. The lowest BCUT2D eigenvalue weighted by Crippen LogP contribution is -2.61. The van der Waals surface area contributed by atoms with Crippen molar-refractivity contribution in [1.82, 2.24) is 15.2 Å². The van der Waals surface area contributed by atoms with Crippen LogP contribution in [0.4, 0.5) is 0 Å². The van der Waals surface area contributed by atoms with Crippen molar-refractivity contribution in [3.8, 4) is 0 Å². The topological polar surface area (TPSA) is 28.2 Å². The number of rotatable bonds is 4. The molecule has 3 rings (SSSR count). The molecule has 0 amide bonds. The van der Waals surface area contributed by atoms with Gasteiger partial charge in [0.25, 0.3) is 0 Å². The Bertz CT molecular complexity index is 572. The van der Waals surface area contributed by atoms with Crippen LogP contribution in [-0.2, 0) is 6.54 Å².